The van der Waals surface area contributed by atoms with Gasteiger partial charge in [-0.15, -0.1) is 12.3 Å². The van der Waals surface area contributed by atoms with Gasteiger partial charge in [0.1, 0.15) is 0 Å². The molecule has 0 bridgehead atoms. The zero-order valence-corrected chi connectivity index (χ0v) is 17.5. The number of nitrogens with one attached hydrogen (secondary N) is 1. The molecule has 1 aromatic carbocycles. The van der Waals surface area contributed by atoms with Crippen molar-refractivity contribution < 1.29 is 18.0 Å². The highest BCUT2D eigenvalue weighted by molar-refractivity contribution is 14.1. The van der Waals surface area contributed by atoms with E-state index in [-0.39, 0.29) is 34.7 Å². The fourth-order valence-corrected chi connectivity index (χ4v) is 4.31. The van der Waals surface area contributed by atoms with E-state index in [0.29, 0.717) is 21.6 Å². The van der Waals surface area contributed by atoms with Gasteiger partial charge in [-0.2, -0.15) is 0 Å². The minimum absolute atomic E-state index is 0.0273. The first kappa shape index (κ1) is 21.6. The summed E-state index contributed by atoms with van der Waals surface area (Å²) in [6.07, 6.45) is 5.50. The summed E-state index contributed by atoms with van der Waals surface area (Å²) in [4.78, 5) is 24.4. The van der Waals surface area contributed by atoms with Gasteiger partial charge in [0.15, 0.2) is 15.6 Å². The van der Waals surface area contributed by atoms with Crippen LogP contribution in [-0.4, -0.2) is 36.3 Å². The third-order valence-electron chi connectivity index (χ3n) is 3.76. The van der Waals surface area contributed by atoms with Gasteiger partial charge in [0.05, 0.1) is 21.1 Å². The van der Waals surface area contributed by atoms with Crippen LogP contribution in [0, 0.1) is 26.2 Å². The molecule has 0 heterocycles. The average Bonchev–Trinajstić information content (AvgIpc) is 2.53. The quantitative estimate of drug-likeness (QED) is 0.355. The number of carbonyl (C=O) groups is 2. The third kappa shape index (κ3) is 5.82. The van der Waals surface area contributed by atoms with E-state index in [1.807, 2.05) is 22.6 Å². The molecule has 0 aliphatic rings. The summed E-state index contributed by atoms with van der Waals surface area (Å²) in [6, 6.07) is 2.69. The number of rotatable bonds is 8. The summed E-state index contributed by atoms with van der Waals surface area (Å²) in [6.45, 7) is 5.05. The molecule has 1 atom stereocenters. The van der Waals surface area contributed by atoms with Crippen LogP contribution in [0.25, 0.3) is 0 Å². The Morgan fingerprint density at radius 1 is 1.28 bits per heavy atom. The first-order valence-electron chi connectivity index (χ1n) is 7.80. The summed E-state index contributed by atoms with van der Waals surface area (Å²) in [5.41, 5.74) is 1.95. The van der Waals surface area contributed by atoms with Crippen LogP contribution in [0.2, 0.25) is 0 Å². The van der Waals surface area contributed by atoms with Crippen molar-refractivity contribution in [1.29, 1.82) is 0 Å². The van der Waals surface area contributed by atoms with Crippen molar-refractivity contribution >= 4 is 44.1 Å². The Morgan fingerprint density at radius 3 is 2.28 bits per heavy atom. The van der Waals surface area contributed by atoms with Crippen LogP contribution >= 0.6 is 22.6 Å². The normalized spacial score (nSPS) is 12.3. The van der Waals surface area contributed by atoms with Gasteiger partial charge < -0.3 is 5.32 Å². The van der Waals surface area contributed by atoms with E-state index in [0.717, 1.165) is 0 Å². The van der Waals surface area contributed by atoms with E-state index < -0.39 is 15.9 Å². The number of benzene rings is 1. The Bertz CT molecular complexity index is 786. The van der Waals surface area contributed by atoms with Crippen LogP contribution in [0.3, 0.4) is 0 Å². The van der Waals surface area contributed by atoms with E-state index in [1.54, 1.807) is 32.9 Å². The fourth-order valence-electron chi connectivity index (χ4n) is 2.70. The van der Waals surface area contributed by atoms with Gasteiger partial charge in [-0.05, 0) is 30.5 Å². The number of alkyl halides is 1. The van der Waals surface area contributed by atoms with E-state index in [1.165, 1.54) is 0 Å². The molecule has 0 aliphatic carbocycles. The van der Waals surface area contributed by atoms with E-state index >= 15 is 0 Å². The molecule has 1 N–H and O–H groups in total. The summed E-state index contributed by atoms with van der Waals surface area (Å²) < 4.78 is 24.6. The summed E-state index contributed by atoms with van der Waals surface area (Å²) >= 11 is 1.91. The molecular weight excluding hydrogens is 453 g/mol. The molecule has 25 heavy (non-hydrogen) atoms. The van der Waals surface area contributed by atoms with Crippen LogP contribution in [0.5, 0.6) is 0 Å². The number of hydrogen-bond acceptors (Lipinski definition) is 4. The number of amides is 1. The van der Waals surface area contributed by atoms with Crippen molar-refractivity contribution in [1.82, 2.24) is 5.32 Å². The molecule has 136 valence electrons. The van der Waals surface area contributed by atoms with E-state index in [2.05, 4.69) is 11.2 Å². The van der Waals surface area contributed by atoms with Gasteiger partial charge >= 0.3 is 0 Å². The maximum atomic E-state index is 12.5. The average molecular weight is 475 g/mol. The SMILES string of the molecule is C#CCC(NC(=O)CI)C(=O)Cc1cc(C)c(S(=O)(=O)CC)c(C)c1. The van der Waals surface area contributed by atoms with Crippen molar-refractivity contribution in [2.75, 3.05) is 10.2 Å². The van der Waals surface area contributed by atoms with Crippen molar-refractivity contribution in [2.24, 2.45) is 0 Å². The standard InChI is InChI=1S/C18H22INO4S/c1-5-7-15(20-17(22)11-19)16(21)10-14-8-12(3)18(13(4)9-14)25(23,24)6-2/h1,8-9,15H,6-7,10-11H2,2-4H3,(H,20,22). The molecule has 1 aromatic rings. The zero-order valence-electron chi connectivity index (χ0n) is 14.6. The predicted octanol–water partition coefficient (Wildman–Crippen LogP) is 2.15. The molecule has 1 unspecified atom stereocenters. The minimum Gasteiger partial charge on any atom is -0.345 e. The number of terminal acetylenes is 1. The van der Waals surface area contributed by atoms with Crippen molar-refractivity contribution in [3.8, 4) is 12.3 Å². The van der Waals surface area contributed by atoms with Crippen LogP contribution < -0.4 is 5.32 Å². The summed E-state index contributed by atoms with van der Waals surface area (Å²) in [5.74, 6) is 2.00. The predicted molar refractivity (Wildman–Crippen MR) is 107 cm³/mol. The number of halogens is 1. The smallest absolute Gasteiger partial charge is 0.230 e. The lowest BCUT2D eigenvalue weighted by Crippen LogP contribution is -2.41. The Labute approximate surface area is 163 Å². The molecule has 0 aliphatic heterocycles. The van der Waals surface area contributed by atoms with Crippen molar-refractivity contribution in [2.45, 2.75) is 44.6 Å². The van der Waals surface area contributed by atoms with E-state index in [9.17, 15) is 18.0 Å². The minimum atomic E-state index is -3.32. The van der Waals surface area contributed by atoms with Gasteiger partial charge in [-0.25, -0.2) is 8.42 Å². The largest absolute Gasteiger partial charge is 0.345 e. The third-order valence-corrected chi connectivity index (χ3v) is 6.48. The number of aryl methyl sites for hydroxylation is 2. The van der Waals surface area contributed by atoms with Crippen molar-refractivity contribution in [3.05, 3.63) is 28.8 Å². The molecule has 1 amide bonds. The maximum absolute atomic E-state index is 12.5. The molecule has 7 heteroatoms. The second-order valence-corrected chi connectivity index (χ2v) is 8.75. The molecule has 0 radical (unpaired) electrons. The number of carbonyl (C=O) groups excluding carboxylic acids is 2. The lowest BCUT2D eigenvalue weighted by molar-refractivity contribution is -0.125. The highest BCUT2D eigenvalue weighted by Crippen LogP contribution is 2.23. The monoisotopic (exact) mass is 475 g/mol. The number of sulfone groups is 1. The van der Waals surface area contributed by atoms with Crippen LogP contribution in [0.15, 0.2) is 17.0 Å². The molecule has 0 saturated heterocycles. The number of hydrogen-bond donors (Lipinski definition) is 1. The molecule has 0 spiro atoms. The number of ketones is 1. The molecule has 1 rings (SSSR count). The topological polar surface area (TPSA) is 80.3 Å². The first-order chi connectivity index (χ1) is 11.7. The highest BCUT2D eigenvalue weighted by Gasteiger charge is 2.22. The van der Waals surface area contributed by atoms with Gasteiger partial charge in [0.2, 0.25) is 5.91 Å². The number of Topliss-reactive ketones (excluding diaryl/α,β-unsaturated/α-hetero) is 1. The fraction of sp³-hybridized carbons (Fsp3) is 0.444. The molecule has 0 saturated carbocycles. The van der Waals surface area contributed by atoms with Crippen LogP contribution in [0.4, 0.5) is 0 Å². The second-order valence-electron chi connectivity index (χ2n) is 5.77. The van der Waals surface area contributed by atoms with Crippen molar-refractivity contribution in [3.63, 3.8) is 0 Å². The van der Waals surface area contributed by atoms with Gasteiger partial charge in [0.25, 0.3) is 0 Å². The molecule has 5 nitrogen and oxygen atoms in total. The summed E-state index contributed by atoms with van der Waals surface area (Å²) in [5, 5.41) is 2.63. The van der Waals surface area contributed by atoms with Gasteiger partial charge in [-0.1, -0.05) is 41.6 Å². The second kappa shape index (κ2) is 9.34. The lowest BCUT2D eigenvalue weighted by Gasteiger charge is -2.16. The Morgan fingerprint density at radius 2 is 1.84 bits per heavy atom. The Balaban J connectivity index is 3.08. The molecule has 0 fully saturated rings. The van der Waals surface area contributed by atoms with Crippen LogP contribution in [0.1, 0.15) is 30.0 Å². The summed E-state index contributed by atoms with van der Waals surface area (Å²) in [7, 11) is -3.32. The maximum Gasteiger partial charge on any atom is 0.230 e. The zero-order chi connectivity index (χ0) is 19.2. The molecule has 0 aromatic heterocycles. The molecular formula is C18H22INO4S. The highest BCUT2D eigenvalue weighted by atomic mass is 127. The van der Waals surface area contributed by atoms with Gasteiger partial charge in [-0.3, -0.25) is 9.59 Å². The first-order valence-corrected chi connectivity index (χ1v) is 11.0. The Hall–Kier alpha value is -1.40. The lowest BCUT2D eigenvalue weighted by atomic mass is 9.98. The van der Waals surface area contributed by atoms with E-state index in [4.69, 9.17) is 6.42 Å². The van der Waals surface area contributed by atoms with Crippen LogP contribution in [-0.2, 0) is 25.8 Å². The Kier molecular flexibility index (Phi) is 8.09. The van der Waals surface area contributed by atoms with Gasteiger partial charge in [0, 0.05) is 12.8 Å².